The van der Waals surface area contributed by atoms with Crippen LogP contribution in [0.15, 0.2) is 12.1 Å². The van der Waals surface area contributed by atoms with Crippen molar-refractivity contribution in [3.63, 3.8) is 0 Å². The molecule has 1 aromatic rings. The molecule has 2 nitrogen and oxygen atoms in total. The molecular weight excluding hydrogens is 179 g/mol. The van der Waals surface area contributed by atoms with Crippen molar-refractivity contribution in [1.82, 2.24) is 0 Å². The smallest absolute Gasteiger partial charge is 0.142 e. The normalized spacial score (nSPS) is 9.92. The third kappa shape index (κ3) is 1.56. The molecule has 0 spiro atoms. The predicted octanol–water partition coefficient (Wildman–Crippen LogP) is 2.45. The first kappa shape index (κ1) is 9.00. The van der Waals surface area contributed by atoms with E-state index in [9.17, 15) is 4.39 Å². The Kier molecular flexibility index (Phi) is 2.33. The zero-order chi connectivity index (χ0) is 9.30. The summed E-state index contributed by atoms with van der Waals surface area (Å²) in [6.45, 7) is 1.54. The van der Waals surface area contributed by atoms with Crippen LogP contribution in [0.1, 0.15) is 12.5 Å². The van der Waals surface area contributed by atoms with Gasteiger partial charge >= 0.3 is 0 Å². The molecule has 0 aliphatic rings. The van der Waals surface area contributed by atoms with E-state index in [1.807, 2.05) is 0 Å². The molecule has 3 N–H and O–H groups in total. The van der Waals surface area contributed by atoms with Crippen LogP contribution in [0.2, 0.25) is 5.02 Å². The molecule has 0 saturated carbocycles. The number of hydrogen-bond donors (Lipinski definition) is 2. The number of nitrogens with one attached hydrogen (secondary N) is 1. The minimum Gasteiger partial charge on any atom is -0.398 e. The summed E-state index contributed by atoms with van der Waals surface area (Å²) >= 11 is 5.47. The van der Waals surface area contributed by atoms with Crippen molar-refractivity contribution in [2.45, 2.75) is 6.92 Å². The van der Waals surface area contributed by atoms with Crippen LogP contribution in [0.25, 0.3) is 0 Å². The fraction of sp³-hybridized carbons (Fsp3) is 0.125. The quantitative estimate of drug-likeness (QED) is 0.514. The van der Waals surface area contributed by atoms with Gasteiger partial charge in [0, 0.05) is 17.0 Å². The number of nitrogens with two attached hydrogens (primary N) is 1. The maximum absolute atomic E-state index is 12.8. The van der Waals surface area contributed by atoms with Crippen molar-refractivity contribution in [3.8, 4) is 0 Å². The van der Waals surface area contributed by atoms with Gasteiger partial charge in [0.05, 0.1) is 5.02 Å². The largest absolute Gasteiger partial charge is 0.398 e. The van der Waals surface area contributed by atoms with Gasteiger partial charge in [0.15, 0.2) is 0 Å². The number of rotatable bonds is 1. The molecule has 1 aromatic carbocycles. The van der Waals surface area contributed by atoms with Gasteiger partial charge in [-0.25, -0.2) is 4.39 Å². The summed E-state index contributed by atoms with van der Waals surface area (Å²) in [5.74, 6) is -0.549. The van der Waals surface area contributed by atoms with Crippen molar-refractivity contribution < 1.29 is 4.39 Å². The van der Waals surface area contributed by atoms with Gasteiger partial charge in [-0.2, -0.15) is 0 Å². The van der Waals surface area contributed by atoms with Gasteiger partial charge in [-0.05, 0) is 19.1 Å². The number of halogens is 2. The van der Waals surface area contributed by atoms with E-state index in [-0.39, 0.29) is 10.7 Å². The second-order valence-corrected chi connectivity index (χ2v) is 2.89. The van der Waals surface area contributed by atoms with Crippen LogP contribution in [0.4, 0.5) is 10.1 Å². The molecule has 0 aromatic heterocycles. The topological polar surface area (TPSA) is 49.9 Å². The monoisotopic (exact) mass is 186 g/mol. The predicted molar refractivity (Wildman–Crippen MR) is 48.3 cm³/mol. The number of anilines is 1. The Morgan fingerprint density at radius 1 is 1.58 bits per heavy atom. The lowest BCUT2D eigenvalue weighted by Gasteiger charge is -2.04. The Labute approximate surface area is 74.7 Å². The molecule has 1 rings (SSSR count). The number of hydrogen-bond acceptors (Lipinski definition) is 2. The van der Waals surface area contributed by atoms with E-state index in [2.05, 4.69) is 0 Å². The zero-order valence-corrected chi connectivity index (χ0v) is 7.24. The summed E-state index contributed by atoms with van der Waals surface area (Å²) in [4.78, 5) is 0. The maximum Gasteiger partial charge on any atom is 0.142 e. The van der Waals surface area contributed by atoms with Crippen molar-refractivity contribution in [2.24, 2.45) is 0 Å². The minimum absolute atomic E-state index is 0.0162. The van der Waals surface area contributed by atoms with Gasteiger partial charge in [0.1, 0.15) is 5.82 Å². The van der Waals surface area contributed by atoms with Crippen LogP contribution in [0.5, 0.6) is 0 Å². The Balaban J connectivity index is 3.33. The minimum atomic E-state index is -0.549. The molecule has 0 fully saturated rings. The van der Waals surface area contributed by atoms with Crippen LogP contribution < -0.4 is 5.73 Å². The molecule has 0 aliphatic carbocycles. The van der Waals surface area contributed by atoms with Crippen molar-refractivity contribution >= 4 is 23.0 Å². The average Bonchev–Trinajstić information content (AvgIpc) is 1.96. The van der Waals surface area contributed by atoms with Gasteiger partial charge in [0.2, 0.25) is 0 Å². The second-order valence-electron chi connectivity index (χ2n) is 2.48. The summed E-state index contributed by atoms with van der Waals surface area (Å²) < 4.78 is 12.8. The first-order valence-electron chi connectivity index (χ1n) is 3.32. The highest BCUT2D eigenvalue weighted by Crippen LogP contribution is 2.22. The number of nitrogen functional groups attached to an aromatic ring is 1. The van der Waals surface area contributed by atoms with E-state index < -0.39 is 5.82 Å². The first-order chi connectivity index (χ1) is 5.52. The van der Waals surface area contributed by atoms with Gasteiger partial charge in [0.25, 0.3) is 0 Å². The maximum atomic E-state index is 12.8. The Morgan fingerprint density at radius 3 is 2.67 bits per heavy atom. The van der Waals surface area contributed by atoms with Crippen molar-refractivity contribution in [3.05, 3.63) is 28.5 Å². The van der Waals surface area contributed by atoms with Gasteiger partial charge in [-0.15, -0.1) is 0 Å². The highest BCUT2D eigenvalue weighted by atomic mass is 35.5. The summed E-state index contributed by atoms with van der Waals surface area (Å²) in [5.41, 5.74) is 6.44. The molecule has 0 atom stereocenters. The molecule has 12 heavy (non-hydrogen) atoms. The Morgan fingerprint density at radius 2 is 2.17 bits per heavy atom. The van der Waals surface area contributed by atoms with Crippen molar-refractivity contribution in [2.75, 3.05) is 5.73 Å². The second kappa shape index (κ2) is 3.11. The van der Waals surface area contributed by atoms with Crippen LogP contribution in [0.3, 0.4) is 0 Å². The molecule has 0 heterocycles. The summed E-state index contributed by atoms with van der Waals surface area (Å²) in [7, 11) is 0. The summed E-state index contributed by atoms with van der Waals surface area (Å²) in [5, 5.41) is 7.24. The molecule has 0 radical (unpaired) electrons. The average molecular weight is 187 g/mol. The van der Waals surface area contributed by atoms with Crippen LogP contribution in [0, 0.1) is 11.2 Å². The molecule has 0 aliphatic heterocycles. The molecule has 0 unspecified atom stereocenters. The highest BCUT2D eigenvalue weighted by Gasteiger charge is 2.06. The SMILES string of the molecule is CC(=N)c1cc(F)c(Cl)cc1N. The lowest BCUT2D eigenvalue weighted by atomic mass is 10.1. The van der Waals surface area contributed by atoms with Gasteiger partial charge < -0.3 is 11.1 Å². The van der Waals surface area contributed by atoms with E-state index in [1.54, 1.807) is 6.92 Å². The van der Waals surface area contributed by atoms with E-state index in [0.717, 1.165) is 0 Å². The lowest BCUT2D eigenvalue weighted by Crippen LogP contribution is -2.00. The third-order valence-electron chi connectivity index (χ3n) is 1.50. The molecular formula is C8H8ClFN2. The third-order valence-corrected chi connectivity index (χ3v) is 1.79. The van der Waals surface area contributed by atoms with Gasteiger partial charge in [-0.1, -0.05) is 11.6 Å². The molecule has 0 amide bonds. The molecule has 64 valence electrons. The Bertz CT molecular complexity index is 336. The summed E-state index contributed by atoms with van der Waals surface area (Å²) in [6, 6.07) is 2.48. The fourth-order valence-electron chi connectivity index (χ4n) is 0.887. The highest BCUT2D eigenvalue weighted by molar-refractivity contribution is 6.31. The van der Waals surface area contributed by atoms with Crippen LogP contribution in [-0.4, -0.2) is 5.71 Å². The van der Waals surface area contributed by atoms with Crippen LogP contribution >= 0.6 is 11.6 Å². The molecule has 4 heteroatoms. The standard InChI is InChI=1S/C8H8ClFN2/c1-4(11)5-2-7(10)6(9)3-8(5)12/h2-3,11H,12H2,1H3. The molecule has 0 saturated heterocycles. The first-order valence-corrected chi connectivity index (χ1v) is 3.70. The number of benzene rings is 1. The van der Waals surface area contributed by atoms with Gasteiger partial charge in [-0.3, -0.25) is 0 Å². The zero-order valence-electron chi connectivity index (χ0n) is 6.49. The van der Waals surface area contributed by atoms with E-state index in [0.29, 0.717) is 11.3 Å². The van der Waals surface area contributed by atoms with E-state index >= 15 is 0 Å². The van der Waals surface area contributed by atoms with Crippen molar-refractivity contribution in [1.29, 1.82) is 5.41 Å². The fourth-order valence-corrected chi connectivity index (χ4v) is 1.06. The van der Waals surface area contributed by atoms with E-state index in [4.69, 9.17) is 22.7 Å². The molecule has 0 bridgehead atoms. The lowest BCUT2D eigenvalue weighted by molar-refractivity contribution is 0.628. The van der Waals surface area contributed by atoms with E-state index in [1.165, 1.54) is 12.1 Å². The summed E-state index contributed by atoms with van der Waals surface area (Å²) in [6.07, 6.45) is 0. The van der Waals surface area contributed by atoms with Crippen LogP contribution in [-0.2, 0) is 0 Å². The Hall–Kier alpha value is -1.09.